The first-order valence-electron chi connectivity index (χ1n) is 17.0. The fraction of sp³-hybridized carbons (Fsp3) is 0. The van der Waals surface area contributed by atoms with Crippen molar-refractivity contribution in [3.8, 4) is 44.7 Å². The van der Waals surface area contributed by atoms with E-state index in [0.29, 0.717) is 0 Å². The molecule has 0 aliphatic rings. The summed E-state index contributed by atoms with van der Waals surface area (Å²) >= 11 is 0. The average Bonchev–Trinajstić information content (AvgIpc) is 3.63. The number of hydrogen-bond donors (Lipinski definition) is 0. The minimum absolute atomic E-state index is 0.840. The lowest BCUT2D eigenvalue weighted by molar-refractivity contribution is 0.631. The van der Waals surface area contributed by atoms with Gasteiger partial charge in [-0.05, 0) is 92.7 Å². The Morgan fingerprint density at radius 2 is 0.840 bits per heavy atom. The van der Waals surface area contributed by atoms with Gasteiger partial charge in [0.15, 0.2) is 0 Å². The average molecular weight is 640 g/mol. The predicted octanol–water partition coefficient (Wildman–Crippen LogP) is 13.7. The van der Waals surface area contributed by atoms with Gasteiger partial charge in [0.25, 0.3) is 0 Å². The van der Waals surface area contributed by atoms with E-state index in [-0.39, 0.29) is 0 Å². The maximum atomic E-state index is 6.44. The maximum absolute atomic E-state index is 6.44. The summed E-state index contributed by atoms with van der Waals surface area (Å²) in [7, 11) is 0. The van der Waals surface area contributed by atoms with Crippen molar-refractivity contribution in [2.75, 3.05) is 4.90 Å². The minimum Gasteiger partial charge on any atom is -0.456 e. The lowest BCUT2D eigenvalue weighted by Crippen LogP contribution is -2.11. The summed E-state index contributed by atoms with van der Waals surface area (Å²) in [5.41, 5.74) is 12.3. The molecule has 0 aliphatic carbocycles. The van der Waals surface area contributed by atoms with Gasteiger partial charge < -0.3 is 9.32 Å². The number of furan rings is 1. The van der Waals surface area contributed by atoms with Crippen LogP contribution in [0.25, 0.3) is 66.4 Å². The van der Waals surface area contributed by atoms with Crippen LogP contribution in [-0.2, 0) is 0 Å². The fourth-order valence-corrected chi connectivity index (χ4v) is 7.08. The Balaban J connectivity index is 1.17. The van der Waals surface area contributed by atoms with Gasteiger partial charge in [-0.25, -0.2) is 0 Å². The molecule has 0 amide bonds. The number of fused-ring (bicyclic) bond motifs is 2. The van der Waals surface area contributed by atoms with E-state index in [4.69, 9.17) is 4.42 Å². The highest BCUT2D eigenvalue weighted by Crippen LogP contribution is 2.43. The number of anilines is 3. The molecular weight excluding hydrogens is 607 g/mol. The van der Waals surface area contributed by atoms with E-state index in [1.54, 1.807) is 0 Å². The van der Waals surface area contributed by atoms with Gasteiger partial charge in [0.2, 0.25) is 0 Å². The molecule has 0 fully saturated rings. The summed E-state index contributed by atoms with van der Waals surface area (Å²) in [6, 6.07) is 71.0. The smallest absolute Gasteiger partial charge is 0.137 e. The van der Waals surface area contributed by atoms with Gasteiger partial charge in [-0.1, -0.05) is 152 Å². The second kappa shape index (κ2) is 12.8. The molecule has 50 heavy (non-hydrogen) atoms. The number of para-hydroxylation sites is 2. The van der Waals surface area contributed by atoms with Crippen LogP contribution in [0, 0.1) is 0 Å². The largest absolute Gasteiger partial charge is 0.456 e. The molecule has 2 nitrogen and oxygen atoms in total. The number of rotatable bonds is 7. The highest BCUT2D eigenvalue weighted by Gasteiger charge is 2.20. The first-order chi connectivity index (χ1) is 24.8. The lowest BCUT2D eigenvalue weighted by atomic mass is 9.94. The fourth-order valence-electron chi connectivity index (χ4n) is 7.08. The molecule has 9 aromatic rings. The molecule has 0 saturated carbocycles. The SMILES string of the molecule is c1ccc(-c2ccccc2-c2ccc(N(c3ccc(-c4cccc5ccccc45)cc3)c3ccccc3-c3cc4ccccc4o3)cc2)cc1. The van der Waals surface area contributed by atoms with E-state index in [2.05, 4.69) is 193 Å². The maximum Gasteiger partial charge on any atom is 0.137 e. The Kier molecular flexibility index (Phi) is 7.53. The van der Waals surface area contributed by atoms with Crippen molar-refractivity contribution < 1.29 is 4.42 Å². The second-order valence-electron chi connectivity index (χ2n) is 12.5. The standard InChI is InChI=1S/C48H33NO/c1-2-13-34(14-3-1)41-19-7-8-20-43(41)36-25-29-39(30-26-36)49(46-23-10-9-21-45(46)48-33-38-16-5-11-24-47(38)50-48)40-31-27-37(28-32-40)44-22-12-17-35-15-4-6-18-42(35)44/h1-33H. The van der Waals surface area contributed by atoms with Crippen LogP contribution in [0.5, 0.6) is 0 Å². The summed E-state index contributed by atoms with van der Waals surface area (Å²) in [6.45, 7) is 0. The third-order valence-corrected chi connectivity index (χ3v) is 9.51. The van der Waals surface area contributed by atoms with Gasteiger partial charge in [-0.15, -0.1) is 0 Å². The second-order valence-corrected chi connectivity index (χ2v) is 12.5. The van der Waals surface area contributed by atoms with Crippen LogP contribution >= 0.6 is 0 Å². The first-order valence-corrected chi connectivity index (χ1v) is 17.0. The zero-order valence-electron chi connectivity index (χ0n) is 27.4. The van der Waals surface area contributed by atoms with Crippen molar-refractivity contribution in [1.82, 2.24) is 0 Å². The van der Waals surface area contributed by atoms with Gasteiger partial charge in [0, 0.05) is 22.3 Å². The first kappa shape index (κ1) is 29.5. The number of hydrogen-bond acceptors (Lipinski definition) is 2. The molecule has 2 heteroatoms. The molecule has 0 atom stereocenters. The minimum atomic E-state index is 0.840. The van der Waals surface area contributed by atoms with E-state index < -0.39 is 0 Å². The van der Waals surface area contributed by atoms with Gasteiger partial charge in [-0.3, -0.25) is 0 Å². The summed E-state index contributed by atoms with van der Waals surface area (Å²) < 4.78 is 6.44. The topological polar surface area (TPSA) is 16.4 Å². The van der Waals surface area contributed by atoms with Gasteiger partial charge in [0.1, 0.15) is 11.3 Å². The molecule has 0 spiro atoms. The molecule has 0 radical (unpaired) electrons. The summed E-state index contributed by atoms with van der Waals surface area (Å²) in [5.74, 6) is 0.840. The van der Waals surface area contributed by atoms with Crippen LogP contribution in [-0.4, -0.2) is 0 Å². The Morgan fingerprint density at radius 1 is 0.340 bits per heavy atom. The van der Waals surface area contributed by atoms with Crippen molar-refractivity contribution in [1.29, 1.82) is 0 Å². The van der Waals surface area contributed by atoms with Crippen LogP contribution in [0.1, 0.15) is 0 Å². The zero-order chi connectivity index (χ0) is 33.3. The Hall–Kier alpha value is -6.64. The zero-order valence-corrected chi connectivity index (χ0v) is 27.4. The molecule has 0 saturated heterocycles. The van der Waals surface area contributed by atoms with Crippen LogP contribution in [0.15, 0.2) is 205 Å². The molecule has 236 valence electrons. The molecular formula is C48H33NO. The molecule has 0 N–H and O–H groups in total. The molecule has 1 heterocycles. The molecule has 0 bridgehead atoms. The molecule has 0 aliphatic heterocycles. The van der Waals surface area contributed by atoms with E-state index in [0.717, 1.165) is 39.4 Å². The monoisotopic (exact) mass is 639 g/mol. The van der Waals surface area contributed by atoms with E-state index >= 15 is 0 Å². The van der Waals surface area contributed by atoms with E-state index in [1.165, 1.54) is 44.2 Å². The van der Waals surface area contributed by atoms with Crippen LogP contribution in [0.2, 0.25) is 0 Å². The third-order valence-electron chi connectivity index (χ3n) is 9.51. The summed E-state index contributed by atoms with van der Waals surface area (Å²) in [6.07, 6.45) is 0. The van der Waals surface area contributed by atoms with Crippen molar-refractivity contribution in [2.24, 2.45) is 0 Å². The van der Waals surface area contributed by atoms with E-state index in [1.807, 2.05) is 12.1 Å². The highest BCUT2D eigenvalue weighted by atomic mass is 16.3. The summed E-state index contributed by atoms with van der Waals surface area (Å²) in [5, 5.41) is 3.58. The quantitative estimate of drug-likeness (QED) is 0.173. The van der Waals surface area contributed by atoms with Crippen LogP contribution in [0.3, 0.4) is 0 Å². The van der Waals surface area contributed by atoms with Crippen molar-refractivity contribution >= 4 is 38.8 Å². The number of nitrogens with zero attached hydrogens (tertiary/aromatic N) is 1. The predicted molar refractivity (Wildman–Crippen MR) is 210 cm³/mol. The molecule has 1 aromatic heterocycles. The molecule has 0 unspecified atom stereocenters. The van der Waals surface area contributed by atoms with Crippen molar-refractivity contribution in [2.45, 2.75) is 0 Å². The summed E-state index contributed by atoms with van der Waals surface area (Å²) in [4.78, 5) is 2.34. The van der Waals surface area contributed by atoms with Crippen molar-refractivity contribution in [3.05, 3.63) is 200 Å². The highest BCUT2D eigenvalue weighted by molar-refractivity contribution is 5.97. The van der Waals surface area contributed by atoms with Gasteiger partial charge >= 0.3 is 0 Å². The lowest BCUT2D eigenvalue weighted by Gasteiger charge is -2.28. The molecule has 9 rings (SSSR count). The van der Waals surface area contributed by atoms with Crippen molar-refractivity contribution in [3.63, 3.8) is 0 Å². The Morgan fingerprint density at radius 3 is 1.54 bits per heavy atom. The van der Waals surface area contributed by atoms with E-state index in [9.17, 15) is 0 Å². The van der Waals surface area contributed by atoms with Crippen LogP contribution in [0.4, 0.5) is 17.1 Å². The Labute approximate surface area is 292 Å². The normalized spacial score (nSPS) is 11.2. The Bertz CT molecular complexity index is 2540. The third kappa shape index (κ3) is 5.43. The van der Waals surface area contributed by atoms with Gasteiger partial charge in [-0.2, -0.15) is 0 Å². The number of benzene rings is 8. The van der Waals surface area contributed by atoms with Gasteiger partial charge in [0.05, 0.1) is 5.69 Å². The molecule has 8 aromatic carbocycles. The van der Waals surface area contributed by atoms with Crippen LogP contribution < -0.4 is 4.90 Å².